The number of hydrogen-bond donors (Lipinski definition) is 0. The molecule has 0 saturated carbocycles. The molecular formula is C19H19N3. The maximum Gasteiger partial charge on any atom is 0.137 e. The first kappa shape index (κ1) is 14.3. The van der Waals surface area contributed by atoms with Crippen molar-refractivity contribution in [2.45, 2.75) is 26.7 Å². The van der Waals surface area contributed by atoms with Crippen LogP contribution in [0.3, 0.4) is 0 Å². The number of pyridine rings is 1. The minimum absolute atomic E-state index is 0.676. The summed E-state index contributed by atoms with van der Waals surface area (Å²) in [5, 5.41) is 8.90. The van der Waals surface area contributed by atoms with Gasteiger partial charge in [-0.25, -0.2) is 4.98 Å². The summed E-state index contributed by atoms with van der Waals surface area (Å²) >= 11 is 0. The van der Waals surface area contributed by atoms with Crippen molar-refractivity contribution in [2.24, 2.45) is 5.92 Å². The van der Waals surface area contributed by atoms with Crippen molar-refractivity contribution >= 4 is 5.65 Å². The molecule has 0 spiro atoms. The molecule has 2 heterocycles. The largest absolute Gasteiger partial charge is 0.299 e. The number of fused-ring (bicyclic) bond motifs is 1. The van der Waals surface area contributed by atoms with Crippen LogP contribution in [0.5, 0.6) is 0 Å². The zero-order chi connectivity index (χ0) is 15.5. The normalized spacial score (nSPS) is 11.0. The third-order valence-electron chi connectivity index (χ3n) is 3.89. The lowest BCUT2D eigenvalue weighted by Gasteiger charge is -2.07. The molecule has 0 fully saturated rings. The van der Waals surface area contributed by atoms with E-state index < -0.39 is 0 Å². The van der Waals surface area contributed by atoms with Crippen LogP contribution in [-0.4, -0.2) is 9.38 Å². The molecular weight excluding hydrogens is 270 g/mol. The molecule has 3 aromatic rings. The predicted octanol–water partition coefficient (Wildman–Crippen LogP) is 4.46. The molecule has 2 aromatic heterocycles. The van der Waals surface area contributed by atoms with Gasteiger partial charge in [0.15, 0.2) is 0 Å². The maximum absolute atomic E-state index is 8.90. The van der Waals surface area contributed by atoms with Crippen LogP contribution < -0.4 is 0 Å². The second-order valence-electron chi connectivity index (χ2n) is 6.03. The molecule has 0 aliphatic carbocycles. The van der Waals surface area contributed by atoms with Gasteiger partial charge in [0.25, 0.3) is 0 Å². The van der Waals surface area contributed by atoms with Crippen molar-refractivity contribution in [1.82, 2.24) is 9.38 Å². The van der Waals surface area contributed by atoms with E-state index in [2.05, 4.69) is 47.6 Å². The smallest absolute Gasteiger partial charge is 0.137 e. The predicted molar refractivity (Wildman–Crippen MR) is 88.5 cm³/mol. The zero-order valence-electron chi connectivity index (χ0n) is 13.0. The van der Waals surface area contributed by atoms with E-state index in [0.29, 0.717) is 11.5 Å². The number of benzene rings is 1. The fourth-order valence-corrected chi connectivity index (χ4v) is 2.56. The van der Waals surface area contributed by atoms with Crippen molar-refractivity contribution in [3.8, 4) is 17.3 Å². The first-order valence-corrected chi connectivity index (χ1v) is 7.64. The maximum atomic E-state index is 8.90. The number of aromatic nitrogens is 2. The number of imidazole rings is 1. The first-order chi connectivity index (χ1) is 10.7. The summed E-state index contributed by atoms with van der Waals surface area (Å²) in [5.41, 5.74) is 5.09. The Morgan fingerprint density at radius 1 is 1.14 bits per heavy atom. The highest BCUT2D eigenvalue weighted by atomic mass is 15.0. The highest BCUT2D eigenvalue weighted by Gasteiger charge is 2.07. The highest BCUT2D eigenvalue weighted by molar-refractivity contribution is 5.64. The second kappa shape index (κ2) is 6.03. The summed E-state index contributed by atoms with van der Waals surface area (Å²) in [6, 6.07) is 14.0. The van der Waals surface area contributed by atoms with E-state index >= 15 is 0 Å². The van der Waals surface area contributed by atoms with Crippen LogP contribution in [-0.2, 0) is 6.42 Å². The monoisotopic (exact) mass is 289 g/mol. The summed E-state index contributed by atoms with van der Waals surface area (Å²) < 4.78 is 2.14. The summed E-state index contributed by atoms with van der Waals surface area (Å²) in [5.74, 6) is 0.705. The van der Waals surface area contributed by atoms with Crippen LogP contribution in [0.4, 0.5) is 0 Å². The van der Waals surface area contributed by atoms with Crippen LogP contribution >= 0.6 is 0 Å². The molecule has 0 unspecified atom stereocenters. The molecule has 0 saturated heterocycles. The Bertz CT molecular complexity index is 820. The SMILES string of the molecule is CC(C)CCc1ccc2ncc(-c3ccc(C#N)cc3)n2c1. The van der Waals surface area contributed by atoms with Crippen LogP contribution in [0.15, 0.2) is 48.8 Å². The Morgan fingerprint density at radius 2 is 1.91 bits per heavy atom. The van der Waals surface area contributed by atoms with Gasteiger partial charge in [-0.3, -0.25) is 4.40 Å². The first-order valence-electron chi connectivity index (χ1n) is 7.64. The van der Waals surface area contributed by atoms with Crippen LogP contribution in [0, 0.1) is 17.2 Å². The third kappa shape index (κ3) is 2.87. The lowest BCUT2D eigenvalue weighted by molar-refractivity contribution is 0.586. The lowest BCUT2D eigenvalue weighted by atomic mass is 10.0. The molecule has 1 aromatic carbocycles. The van der Waals surface area contributed by atoms with Crippen LogP contribution in [0.1, 0.15) is 31.4 Å². The van der Waals surface area contributed by atoms with Gasteiger partial charge in [0, 0.05) is 11.8 Å². The lowest BCUT2D eigenvalue weighted by Crippen LogP contribution is -1.96. The topological polar surface area (TPSA) is 41.1 Å². The molecule has 110 valence electrons. The van der Waals surface area contributed by atoms with Crippen molar-refractivity contribution in [2.75, 3.05) is 0 Å². The Kier molecular flexibility index (Phi) is 3.93. The Hall–Kier alpha value is -2.60. The average molecular weight is 289 g/mol. The van der Waals surface area contributed by atoms with Crippen molar-refractivity contribution in [3.63, 3.8) is 0 Å². The van der Waals surface area contributed by atoms with E-state index in [9.17, 15) is 0 Å². The minimum atomic E-state index is 0.676. The van der Waals surface area contributed by atoms with Crippen molar-refractivity contribution < 1.29 is 0 Å². The number of rotatable bonds is 4. The molecule has 3 nitrogen and oxygen atoms in total. The molecule has 0 aliphatic rings. The van der Waals surface area contributed by atoms with E-state index in [0.717, 1.165) is 23.3 Å². The molecule has 0 N–H and O–H groups in total. The fourth-order valence-electron chi connectivity index (χ4n) is 2.56. The van der Waals surface area contributed by atoms with Gasteiger partial charge in [-0.1, -0.05) is 32.0 Å². The Morgan fingerprint density at radius 3 is 2.59 bits per heavy atom. The minimum Gasteiger partial charge on any atom is -0.299 e. The summed E-state index contributed by atoms with van der Waals surface area (Å²) in [6.07, 6.45) is 6.34. The number of aryl methyl sites for hydroxylation is 1. The van der Waals surface area contributed by atoms with Gasteiger partial charge in [-0.15, -0.1) is 0 Å². The second-order valence-corrected chi connectivity index (χ2v) is 6.03. The summed E-state index contributed by atoms with van der Waals surface area (Å²) in [6.45, 7) is 4.50. The molecule has 0 atom stereocenters. The van der Waals surface area contributed by atoms with Gasteiger partial charge in [-0.2, -0.15) is 5.26 Å². The van der Waals surface area contributed by atoms with Crippen LogP contribution in [0.25, 0.3) is 16.9 Å². The number of hydrogen-bond acceptors (Lipinski definition) is 2. The fraction of sp³-hybridized carbons (Fsp3) is 0.263. The molecule has 0 bridgehead atoms. The van der Waals surface area contributed by atoms with Crippen LogP contribution in [0.2, 0.25) is 0 Å². The third-order valence-corrected chi connectivity index (χ3v) is 3.89. The highest BCUT2D eigenvalue weighted by Crippen LogP contribution is 2.22. The van der Waals surface area contributed by atoms with Crippen molar-refractivity contribution in [3.05, 3.63) is 59.9 Å². The van der Waals surface area contributed by atoms with Gasteiger partial charge in [0.2, 0.25) is 0 Å². The van der Waals surface area contributed by atoms with Gasteiger partial charge in [0.05, 0.1) is 23.5 Å². The molecule has 0 amide bonds. The molecule has 0 radical (unpaired) electrons. The van der Waals surface area contributed by atoms with E-state index in [1.54, 1.807) is 0 Å². The van der Waals surface area contributed by atoms with Gasteiger partial charge in [0.1, 0.15) is 5.65 Å². The van der Waals surface area contributed by atoms with E-state index in [-0.39, 0.29) is 0 Å². The quantitative estimate of drug-likeness (QED) is 0.711. The van der Waals surface area contributed by atoms with E-state index in [1.165, 1.54) is 12.0 Å². The Labute approximate surface area is 130 Å². The van der Waals surface area contributed by atoms with Gasteiger partial charge < -0.3 is 0 Å². The number of nitrogens with zero attached hydrogens (tertiary/aromatic N) is 3. The average Bonchev–Trinajstić information content (AvgIpc) is 2.96. The standard InChI is InChI=1S/C19H19N3/c1-14(2)3-4-16-7-10-19-21-12-18(22(19)13-16)17-8-5-15(11-20)6-9-17/h5-10,12-14H,3-4H2,1-2H3. The summed E-state index contributed by atoms with van der Waals surface area (Å²) in [4.78, 5) is 4.47. The van der Waals surface area contributed by atoms with Crippen molar-refractivity contribution in [1.29, 1.82) is 5.26 Å². The number of nitriles is 1. The van der Waals surface area contributed by atoms with Gasteiger partial charge in [-0.05, 0) is 42.5 Å². The molecule has 22 heavy (non-hydrogen) atoms. The van der Waals surface area contributed by atoms with E-state index in [1.807, 2.05) is 30.5 Å². The molecule has 3 heteroatoms. The molecule has 0 aliphatic heterocycles. The van der Waals surface area contributed by atoms with E-state index in [4.69, 9.17) is 5.26 Å². The van der Waals surface area contributed by atoms with Gasteiger partial charge >= 0.3 is 0 Å². The Balaban J connectivity index is 1.98. The zero-order valence-corrected chi connectivity index (χ0v) is 13.0. The summed E-state index contributed by atoms with van der Waals surface area (Å²) in [7, 11) is 0. The molecule has 3 rings (SSSR count).